The number of nitrogens with zero attached hydrogens (tertiary/aromatic N) is 3. The topological polar surface area (TPSA) is 90.2 Å². The van der Waals surface area contributed by atoms with E-state index < -0.39 is 4.92 Å². The van der Waals surface area contributed by atoms with E-state index in [1.165, 1.54) is 19.2 Å². The maximum absolute atomic E-state index is 10.8. The number of hydrogen-bond donors (Lipinski definition) is 1. The highest BCUT2D eigenvalue weighted by atomic mass is 16.6. The number of aromatic nitrogens is 2. The normalized spacial score (nSPS) is 11.7. The van der Waals surface area contributed by atoms with Crippen LogP contribution in [0.1, 0.15) is 18.7 Å². The lowest BCUT2D eigenvalue weighted by Gasteiger charge is -2.16. The largest absolute Gasteiger partial charge is 0.495 e. The minimum Gasteiger partial charge on any atom is -0.495 e. The molecule has 20 heavy (non-hydrogen) atoms. The second-order valence-corrected chi connectivity index (χ2v) is 4.14. The fourth-order valence-electron chi connectivity index (χ4n) is 1.76. The van der Waals surface area contributed by atoms with Gasteiger partial charge in [-0.1, -0.05) is 0 Å². The Kier molecular flexibility index (Phi) is 4.09. The summed E-state index contributed by atoms with van der Waals surface area (Å²) in [7, 11) is 1.51. The lowest BCUT2D eigenvalue weighted by atomic mass is 10.2. The van der Waals surface area contributed by atoms with E-state index in [9.17, 15) is 10.1 Å². The summed E-state index contributed by atoms with van der Waals surface area (Å²) in [5.74, 6) is 0.534. The Labute approximate surface area is 115 Å². The maximum Gasteiger partial charge on any atom is 0.271 e. The highest BCUT2D eigenvalue weighted by molar-refractivity contribution is 5.62. The van der Waals surface area contributed by atoms with Gasteiger partial charge in [0.25, 0.3) is 5.69 Å². The molecule has 0 bridgehead atoms. The number of nitrogens with one attached hydrogen (secondary N) is 1. The molecule has 1 aromatic carbocycles. The maximum atomic E-state index is 10.8. The van der Waals surface area contributed by atoms with Gasteiger partial charge in [-0.15, -0.1) is 0 Å². The third-order valence-corrected chi connectivity index (χ3v) is 2.79. The first kappa shape index (κ1) is 13.7. The van der Waals surface area contributed by atoms with Crippen LogP contribution in [0.25, 0.3) is 0 Å². The number of nitro benzene ring substituents is 1. The van der Waals surface area contributed by atoms with Crippen molar-refractivity contribution in [3.63, 3.8) is 0 Å². The van der Waals surface area contributed by atoms with Crippen molar-refractivity contribution in [3.8, 4) is 5.75 Å². The molecule has 1 atom stereocenters. The molecule has 1 aromatic heterocycles. The van der Waals surface area contributed by atoms with Gasteiger partial charge in [0.05, 0.1) is 35.7 Å². The average molecular weight is 274 g/mol. The van der Waals surface area contributed by atoms with Gasteiger partial charge < -0.3 is 10.1 Å². The van der Waals surface area contributed by atoms with Crippen LogP contribution in [0.3, 0.4) is 0 Å². The van der Waals surface area contributed by atoms with E-state index in [-0.39, 0.29) is 11.7 Å². The lowest BCUT2D eigenvalue weighted by molar-refractivity contribution is -0.384. The number of non-ortho nitro benzene ring substituents is 1. The van der Waals surface area contributed by atoms with E-state index in [4.69, 9.17) is 4.74 Å². The first-order valence-electron chi connectivity index (χ1n) is 5.96. The Morgan fingerprint density at radius 3 is 2.80 bits per heavy atom. The summed E-state index contributed by atoms with van der Waals surface area (Å²) in [6.45, 7) is 1.89. The van der Waals surface area contributed by atoms with Crippen molar-refractivity contribution in [1.82, 2.24) is 9.97 Å². The Hall–Kier alpha value is -2.70. The Morgan fingerprint density at radius 1 is 1.40 bits per heavy atom. The van der Waals surface area contributed by atoms with Gasteiger partial charge in [0.15, 0.2) is 0 Å². The molecule has 0 aliphatic carbocycles. The molecule has 0 spiro atoms. The van der Waals surface area contributed by atoms with E-state index >= 15 is 0 Å². The Morgan fingerprint density at radius 2 is 2.20 bits per heavy atom. The van der Waals surface area contributed by atoms with Gasteiger partial charge >= 0.3 is 0 Å². The molecule has 1 heterocycles. The zero-order chi connectivity index (χ0) is 14.5. The smallest absolute Gasteiger partial charge is 0.271 e. The van der Waals surface area contributed by atoms with Gasteiger partial charge in [0, 0.05) is 24.5 Å². The summed E-state index contributed by atoms with van der Waals surface area (Å²) < 4.78 is 5.20. The van der Waals surface area contributed by atoms with Gasteiger partial charge in [-0.3, -0.25) is 20.1 Å². The Bertz CT molecular complexity index is 604. The van der Waals surface area contributed by atoms with Gasteiger partial charge in [-0.05, 0) is 13.0 Å². The van der Waals surface area contributed by atoms with Crippen molar-refractivity contribution in [3.05, 3.63) is 52.6 Å². The summed E-state index contributed by atoms with van der Waals surface area (Å²) in [5, 5.41) is 14.0. The number of benzene rings is 1. The quantitative estimate of drug-likeness (QED) is 0.665. The van der Waals surface area contributed by atoms with E-state index in [1.807, 2.05) is 6.92 Å². The highest BCUT2D eigenvalue weighted by Gasteiger charge is 2.14. The van der Waals surface area contributed by atoms with Crippen molar-refractivity contribution in [2.45, 2.75) is 13.0 Å². The zero-order valence-electron chi connectivity index (χ0n) is 11.1. The van der Waals surface area contributed by atoms with Crippen LogP contribution in [0.2, 0.25) is 0 Å². The first-order valence-corrected chi connectivity index (χ1v) is 5.96. The SMILES string of the molecule is COc1ccc([N+](=O)[O-])cc1NC(C)c1cnccn1. The van der Waals surface area contributed by atoms with E-state index in [1.54, 1.807) is 24.7 Å². The molecular formula is C13H14N4O3. The van der Waals surface area contributed by atoms with Crippen LogP contribution < -0.4 is 10.1 Å². The van der Waals surface area contributed by atoms with Crippen LogP contribution in [-0.4, -0.2) is 22.0 Å². The molecule has 2 aromatic rings. The van der Waals surface area contributed by atoms with Crippen molar-refractivity contribution in [2.75, 3.05) is 12.4 Å². The molecule has 0 fully saturated rings. The van der Waals surface area contributed by atoms with Gasteiger partial charge in [-0.2, -0.15) is 0 Å². The number of ether oxygens (including phenoxy) is 1. The molecule has 0 radical (unpaired) electrons. The van der Waals surface area contributed by atoms with E-state index in [0.717, 1.165) is 5.69 Å². The molecule has 1 unspecified atom stereocenters. The monoisotopic (exact) mass is 274 g/mol. The molecule has 7 nitrogen and oxygen atoms in total. The summed E-state index contributed by atoms with van der Waals surface area (Å²) >= 11 is 0. The minimum atomic E-state index is -0.447. The standard InChI is InChI=1S/C13H14N4O3/c1-9(12-8-14-5-6-15-12)16-11-7-10(17(18)19)3-4-13(11)20-2/h3-9,16H,1-2H3. The first-order chi connectivity index (χ1) is 9.61. The molecule has 0 saturated carbocycles. The van der Waals surface area contributed by atoms with Crippen LogP contribution in [0.5, 0.6) is 5.75 Å². The zero-order valence-corrected chi connectivity index (χ0v) is 11.1. The molecule has 0 aliphatic heterocycles. The van der Waals surface area contributed by atoms with Crippen molar-refractivity contribution in [2.24, 2.45) is 0 Å². The second-order valence-electron chi connectivity index (χ2n) is 4.14. The Balaban J connectivity index is 2.27. The van der Waals surface area contributed by atoms with Crippen LogP contribution in [0.15, 0.2) is 36.8 Å². The predicted octanol–water partition coefficient (Wildman–Crippen LogP) is 2.57. The summed E-state index contributed by atoms with van der Waals surface area (Å²) in [4.78, 5) is 18.6. The van der Waals surface area contributed by atoms with E-state index in [0.29, 0.717) is 11.4 Å². The van der Waals surface area contributed by atoms with Crippen molar-refractivity contribution in [1.29, 1.82) is 0 Å². The van der Waals surface area contributed by atoms with Crippen molar-refractivity contribution >= 4 is 11.4 Å². The highest BCUT2D eigenvalue weighted by Crippen LogP contribution is 2.31. The molecule has 0 amide bonds. The molecule has 104 valence electrons. The molecule has 7 heteroatoms. The summed E-state index contributed by atoms with van der Waals surface area (Å²) in [6.07, 6.45) is 4.82. The fraction of sp³-hybridized carbons (Fsp3) is 0.231. The van der Waals surface area contributed by atoms with Gasteiger partial charge in [0.1, 0.15) is 5.75 Å². The number of anilines is 1. The lowest BCUT2D eigenvalue weighted by Crippen LogP contribution is -2.09. The molecule has 0 saturated heterocycles. The summed E-state index contributed by atoms with van der Waals surface area (Å²) in [6, 6.07) is 4.24. The molecule has 1 N–H and O–H groups in total. The van der Waals surface area contributed by atoms with Crippen molar-refractivity contribution < 1.29 is 9.66 Å². The predicted molar refractivity (Wildman–Crippen MR) is 73.7 cm³/mol. The second kappa shape index (κ2) is 5.96. The van der Waals surface area contributed by atoms with Gasteiger partial charge in [0.2, 0.25) is 0 Å². The molecular weight excluding hydrogens is 260 g/mol. The van der Waals surface area contributed by atoms with E-state index in [2.05, 4.69) is 15.3 Å². The molecule has 0 aliphatic rings. The van der Waals surface area contributed by atoms with Crippen LogP contribution in [-0.2, 0) is 0 Å². The minimum absolute atomic E-state index is 0.000328. The summed E-state index contributed by atoms with van der Waals surface area (Å²) in [5.41, 5.74) is 1.28. The molecule has 2 rings (SSSR count). The number of hydrogen-bond acceptors (Lipinski definition) is 6. The third-order valence-electron chi connectivity index (χ3n) is 2.79. The number of rotatable bonds is 5. The average Bonchev–Trinajstić information content (AvgIpc) is 2.48. The van der Waals surface area contributed by atoms with Gasteiger partial charge in [-0.25, -0.2) is 0 Å². The van der Waals surface area contributed by atoms with Crippen LogP contribution >= 0.6 is 0 Å². The third kappa shape index (κ3) is 3.00. The van der Waals surface area contributed by atoms with Crippen LogP contribution in [0, 0.1) is 10.1 Å². The van der Waals surface area contributed by atoms with Crippen LogP contribution in [0.4, 0.5) is 11.4 Å². The number of methoxy groups -OCH3 is 1. The number of nitro groups is 1. The fourth-order valence-corrected chi connectivity index (χ4v) is 1.76.